The molecule has 0 fully saturated rings. The molecule has 0 radical (unpaired) electrons. The lowest BCUT2D eigenvalue weighted by Crippen LogP contribution is -2.27. The van der Waals surface area contributed by atoms with Gasteiger partial charge < -0.3 is 9.47 Å². The molecule has 1 aromatic carbocycles. The average molecular weight is 362 g/mol. The van der Waals surface area contributed by atoms with Gasteiger partial charge in [0.05, 0.1) is 11.6 Å². The molecule has 0 aliphatic carbocycles. The third kappa shape index (κ3) is 6.19. The van der Waals surface area contributed by atoms with Gasteiger partial charge in [-0.05, 0) is 45.4 Å². The third-order valence-corrected chi connectivity index (χ3v) is 3.84. The smallest absolute Gasteiger partial charge is 0.412 e. The summed E-state index contributed by atoms with van der Waals surface area (Å²) in [6, 6.07) is 7.41. The van der Waals surface area contributed by atoms with E-state index in [1.807, 2.05) is 32.9 Å². The van der Waals surface area contributed by atoms with Crippen molar-refractivity contribution in [1.29, 1.82) is 0 Å². The van der Waals surface area contributed by atoms with Gasteiger partial charge in [-0.15, -0.1) is 11.3 Å². The number of nitrogens with one attached hydrogen (secondary N) is 1. The highest BCUT2D eigenvalue weighted by Gasteiger charge is 2.16. The number of nitrogens with zero attached hydrogens (tertiary/aromatic N) is 1. The van der Waals surface area contributed by atoms with Crippen molar-refractivity contribution in [3.05, 3.63) is 45.9 Å². The highest BCUT2D eigenvalue weighted by atomic mass is 32.1. The van der Waals surface area contributed by atoms with Crippen molar-refractivity contribution in [3.8, 4) is 0 Å². The second-order valence-corrected chi connectivity index (χ2v) is 7.29. The van der Waals surface area contributed by atoms with Crippen LogP contribution in [0.15, 0.2) is 29.6 Å². The molecule has 0 bridgehead atoms. The molecule has 1 heterocycles. The SMILES string of the molecule is CCOC(=O)c1csc(Cc2ccc(NC(=O)OC(C)(C)C)cc2)n1. The van der Waals surface area contributed by atoms with Gasteiger partial charge in [0.15, 0.2) is 5.69 Å². The number of aromatic nitrogens is 1. The Kier molecular flexibility index (Phi) is 6.14. The topological polar surface area (TPSA) is 77.5 Å². The number of esters is 1. The number of rotatable bonds is 5. The molecule has 2 aromatic rings. The van der Waals surface area contributed by atoms with E-state index in [1.165, 1.54) is 11.3 Å². The number of thiazole rings is 1. The fraction of sp³-hybridized carbons (Fsp3) is 0.389. The molecule has 1 aromatic heterocycles. The van der Waals surface area contributed by atoms with Gasteiger partial charge in [-0.25, -0.2) is 14.6 Å². The standard InChI is InChI=1S/C18H22N2O4S/c1-5-23-16(21)14-11-25-15(20-14)10-12-6-8-13(9-7-12)19-17(22)24-18(2,3)4/h6-9,11H,5,10H2,1-4H3,(H,19,22). The highest BCUT2D eigenvalue weighted by molar-refractivity contribution is 7.09. The number of hydrogen-bond acceptors (Lipinski definition) is 6. The van der Waals surface area contributed by atoms with Crippen molar-refractivity contribution in [2.75, 3.05) is 11.9 Å². The second-order valence-electron chi connectivity index (χ2n) is 6.35. The normalized spacial score (nSPS) is 11.0. The van der Waals surface area contributed by atoms with Gasteiger partial charge in [0.1, 0.15) is 5.60 Å². The summed E-state index contributed by atoms with van der Waals surface area (Å²) in [4.78, 5) is 27.7. The van der Waals surface area contributed by atoms with E-state index in [2.05, 4.69) is 10.3 Å². The van der Waals surface area contributed by atoms with Crippen molar-refractivity contribution < 1.29 is 19.1 Å². The first kappa shape index (κ1) is 18.9. The summed E-state index contributed by atoms with van der Waals surface area (Å²) in [5.74, 6) is -0.401. The first-order valence-electron chi connectivity index (χ1n) is 7.97. The van der Waals surface area contributed by atoms with E-state index in [-0.39, 0.29) is 0 Å². The van der Waals surface area contributed by atoms with Crippen LogP contribution in [-0.4, -0.2) is 29.3 Å². The molecular weight excluding hydrogens is 340 g/mol. The number of anilines is 1. The minimum absolute atomic E-state index is 0.331. The van der Waals surface area contributed by atoms with Gasteiger partial charge in [0, 0.05) is 17.5 Å². The Morgan fingerprint density at radius 1 is 1.20 bits per heavy atom. The molecule has 0 spiro atoms. The lowest BCUT2D eigenvalue weighted by Gasteiger charge is -2.19. The highest BCUT2D eigenvalue weighted by Crippen LogP contribution is 2.18. The number of hydrogen-bond donors (Lipinski definition) is 1. The zero-order chi connectivity index (χ0) is 18.4. The van der Waals surface area contributed by atoms with E-state index in [1.54, 1.807) is 24.4 Å². The second kappa shape index (κ2) is 8.11. The summed E-state index contributed by atoms with van der Waals surface area (Å²) in [7, 11) is 0. The Morgan fingerprint density at radius 2 is 1.88 bits per heavy atom. The maximum atomic E-state index is 11.7. The molecule has 7 heteroatoms. The molecule has 134 valence electrons. The monoisotopic (exact) mass is 362 g/mol. The summed E-state index contributed by atoms with van der Waals surface area (Å²) >= 11 is 1.42. The van der Waals surface area contributed by atoms with Crippen LogP contribution in [0.1, 0.15) is 48.8 Å². The Morgan fingerprint density at radius 3 is 2.48 bits per heavy atom. The Balaban J connectivity index is 1.94. The lowest BCUT2D eigenvalue weighted by atomic mass is 10.1. The van der Waals surface area contributed by atoms with Crippen LogP contribution < -0.4 is 5.32 Å². The van der Waals surface area contributed by atoms with Crippen LogP contribution >= 0.6 is 11.3 Å². The van der Waals surface area contributed by atoms with Crippen molar-refractivity contribution in [2.24, 2.45) is 0 Å². The molecule has 0 aliphatic heterocycles. The number of amides is 1. The van der Waals surface area contributed by atoms with Crippen LogP contribution in [0, 0.1) is 0 Å². The van der Waals surface area contributed by atoms with Crippen molar-refractivity contribution >= 4 is 29.1 Å². The summed E-state index contributed by atoms with van der Waals surface area (Å²) in [6.45, 7) is 7.53. The maximum Gasteiger partial charge on any atom is 0.412 e. The third-order valence-electron chi connectivity index (χ3n) is 2.99. The predicted octanol–water partition coefficient (Wildman–Crippen LogP) is 4.26. The van der Waals surface area contributed by atoms with Crippen LogP contribution in [0.4, 0.5) is 10.5 Å². The number of carbonyl (C=O) groups is 2. The summed E-state index contributed by atoms with van der Waals surface area (Å²) < 4.78 is 10.1. The fourth-order valence-corrected chi connectivity index (χ4v) is 2.79. The predicted molar refractivity (Wildman–Crippen MR) is 97.2 cm³/mol. The van der Waals surface area contributed by atoms with Crippen molar-refractivity contribution in [3.63, 3.8) is 0 Å². The van der Waals surface area contributed by atoms with Crippen LogP contribution in [-0.2, 0) is 15.9 Å². The van der Waals surface area contributed by atoms with Crippen LogP contribution in [0.2, 0.25) is 0 Å². The zero-order valence-electron chi connectivity index (χ0n) is 14.8. The minimum atomic E-state index is -0.536. The van der Waals surface area contributed by atoms with E-state index in [0.717, 1.165) is 10.6 Å². The van der Waals surface area contributed by atoms with Crippen LogP contribution in [0.25, 0.3) is 0 Å². The molecule has 1 amide bonds. The van der Waals surface area contributed by atoms with Gasteiger partial charge in [0.25, 0.3) is 0 Å². The van der Waals surface area contributed by atoms with E-state index in [4.69, 9.17) is 9.47 Å². The van der Waals surface area contributed by atoms with Crippen molar-refractivity contribution in [1.82, 2.24) is 4.98 Å². The molecule has 0 saturated carbocycles. The first-order valence-corrected chi connectivity index (χ1v) is 8.85. The molecular formula is C18H22N2O4S. The molecule has 1 N–H and O–H groups in total. The van der Waals surface area contributed by atoms with Gasteiger partial charge >= 0.3 is 12.1 Å². The first-order chi connectivity index (χ1) is 11.8. The van der Waals surface area contributed by atoms with E-state index < -0.39 is 17.7 Å². The summed E-state index contributed by atoms with van der Waals surface area (Å²) in [6.07, 6.45) is 0.121. The Bertz CT molecular complexity index is 732. The van der Waals surface area contributed by atoms with E-state index in [0.29, 0.717) is 24.4 Å². The molecule has 2 rings (SSSR count). The summed E-state index contributed by atoms with van der Waals surface area (Å²) in [5.41, 5.74) is 1.49. The Hall–Kier alpha value is -2.41. The molecule has 25 heavy (non-hydrogen) atoms. The maximum absolute atomic E-state index is 11.7. The van der Waals surface area contributed by atoms with E-state index in [9.17, 15) is 9.59 Å². The lowest BCUT2D eigenvalue weighted by molar-refractivity contribution is 0.0519. The van der Waals surface area contributed by atoms with Gasteiger partial charge in [-0.1, -0.05) is 12.1 Å². The van der Waals surface area contributed by atoms with Gasteiger partial charge in [0.2, 0.25) is 0 Å². The summed E-state index contributed by atoms with van der Waals surface area (Å²) in [5, 5.41) is 5.22. The van der Waals surface area contributed by atoms with Crippen LogP contribution in [0.5, 0.6) is 0 Å². The number of benzene rings is 1. The van der Waals surface area contributed by atoms with Crippen molar-refractivity contribution in [2.45, 2.75) is 39.7 Å². The molecule has 0 atom stereocenters. The van der Waals surface area contributed by atoms with E-state index >= 15 is 0 Å². The molecule has 0 aliphatic rings. The largest absolute Gasteiger partial charge is 0.461 e. The average Bonchev–Trinajstić information content (AvgIpc) is 2.96. The van der Waals surface area contributed by atoms with Gasteiger partial charge in [-0.3, -0.25) is 5.32 Å². The minimum Gasteiger partial charge on any atom is -0.461 e. The van der Waals surface area contributed by atoms with Crippen LogP contribution in [0.3, 0.4) is 0 Å². The molecule has 6 nitrogen and oxygen atoms in total. The quantitative estimate of drug-likeness (QED) is 0.804. The molecule has 0 unspecified atom stereocenters. The zero-order valence-corrected chi connectivity index (χ0v) is 15.6. The number of ether oxygens (including phenoxy) is 2. The Labute approximate surface area is 151 Å². The fourth-order valence-electron chi connectivity index (χ4n) is 1.99. The number of carbonyl (C=O) groups excluding carboxylic acids is 2. The van der Waals surface area contributed by atoms with Gasteiger partial charge in [-0.2, -0.15) is 0 Å². The molecule has 0 saturated heterocycles.